The second-order valence-electron chi connectivity index (χ2n) is 4.12. The van der Waals surface area contributed by atoms with Crippen molar-refractivity contribution in [3.05, 3.63) is 44.4 Å². The summed E-state index contributed by atoms with van der Waals surface area (Å²) < 4.78 is 5.57. The van der Waals surface area contributed by atoms with E-state index in [1.807, 2.05) is 6.92 Å². The fourth-order valence-electron chi connectivity index (χ4n) is 1.85. The number of nitro groups is 1. The van der Waals surface area contributed by atoms with Gasteiger partial charge in [-0.1, -0.05) is 6.07 Å². The highest BCUT2D eigenvalue weighted by atomic mass is 32.1. The summed E-state index contributed by atoms with van der Waals surface area (Å²) in [5, 5.41) is 13.9. The number of anilines is 1. The van der Waals surface area contributed by atoms with Gasteiger partial charge in [0.2, 0.25) is 0 Å². The smallest absolute Gasteiger partial charge is 0.333 e. The van der Waals surface area contributed by atoms with Crippen LogP contribution < -0.4 is 10.1 Å². The summed E-state index contributed by atoms with van der Waals surface area (Å²) in [5.41, 5.74) is 3.18. The minimum atomic E-state index is -0.431. The molecule has 1 heterocycles. The van der Waals surface area contributed by atoms with E-state index < -0.39 is 4.92 Å². The number of benzene rings is 1. The lowest BCUT2D eigenvalue weighted by atomic mass is 10.2. The van der Waals surface area contributed by atoms with E-state index in [0.717, 1.165) is 10.6 Å². The number of hydrogen-bond donors (Lipinski definition) is 1. The van der Waals surface area contributed by atoms with Gasteiger partial charge in [-0.2, -0.15) is 0 Å². The molecule has 0 saturated heterocycles. The Kier molecular flexibility index (Phi) is 4.52. The van der Waals surface area contributed by atoms with E-state index in [-0.39, 0.29) is 11.4 Å². The molecule has 1 aromatic heterocycles. The Bertz CT molecular complexity index is 613. The molecular formula is C13H15N3O3S. The summed E-state index contributed by atoms with van der Waals surface area (Å²) in [6.07, 6.45) is 0.692. The van der Waals surface area contributed by atoms with Crippen LogP contribution in [0, 0.1) is 17.0 Å². The highest BCUT2D eigenvalue weighted by Crippen LogP contribution is 2.34. The Balaban J connectivity index is 2.09. The van der Waals surface area contributed by atoms with E-state index >= 15 is 0 Å². The van der Waals surface area contributed by atoms with Crippen molar-refractivity contribution in [1.82, 2.24) is 4.98 Å². The quantitative estimate of drug-likeness (QED) is 0.654. The lowest BCUT2D eigenvalue weighted by molar-refractivity contribution is -0.384. The molecule has 0 bridgehead atoms. The average molecular weight is 293 g/mol. The molecule has 0 aliphatic heterocycles. The molecule has 0 saturated carbocycles. The van der Waals surface area contributed by atoms with Gasteiger partial charge in [-0.05, 0) is 19.1 Å². The number of aromatic nitrogens is 1. The SMILES string of the molecule is CNc1cccc(OCCc2scnc2C)c1[N+](=O)[O-]. The van der Waals surface area contributed by atoms with Gasteiger partial charge in [0.05, 0.1) is 22.7 Å². The topological polar surface area (TPSA) is 77.3 Å². The Hall–Kier alpha value is -2.15. The molecule has 1 aromatic carbocycles. The van der Waals surface area contributed by atoms with Crippen LogP contribution >= 0.6 is 11.3 Å². The van der Waals surface area contributed by atoms with Crippen LogP contribution in [0.3, 0.4) is 0 Å². The minimum Gasteiger partial charge on any atom is -0.486 e. The number of nitro benzene ring substituents is 1. The molecule has 0 fully saturated rings. The zero-order valence-corrected chi connectivity index (χ0v) is 12.1. The Morgan fingerprint density at radius 3 is 2.90 bits per heavy atom. The van der Waals surface area contributed by atoms with Gasteiger partial charge < -0.3 is 10.1 Å². The zero-order chi connectivity index (χ0) is 14.5. The maximum absolute atomic E-state index is 11.1. The molecule has 0 spiro atoms. The van der Waals surface area contributed by atoms with Gasteiger partial charge in [-0.3, -0.25) is 10.1 Å². The number of aryl methyl sites for hydroxylation is 1. The van der Waals surface area contributed by atoms with Crippen molar-refractivity contribution >= 4 is 22.7 Å². The molecule has 2 aromatic rings. The van der Waals surface area contributed by atoms with Crippen molar-refractivity contribution in [3.63, 3.8) is 0 Å². The number of rotatable bonds is 6. The highest BCUT2D eigenvalue weighted by molar-refractivity contribution is 7.09. The molecule has 20 heavy (non-hydrogen) atoms. The standard InChI is InChI=1S/C13H15N3O3S/c1-9-12(20-8-15-9)6-7-19-11-5-3-4-10(14-2)13(11)16(17)18/h3-5,8,14H,6-7H2,1-2H3. The van der Waals surface area contributed by atoms with Crippen molar-refractivity contribution < 1.29 is 9.66 Å². The maximum Gasteiger partial charge on any atom is 0.333 e. The number of thiazole rings is 1. The molecule has 0 aliphatic carbocycles. The fourth-order valence-corrected chi connectivity index (χ4v) is 2.61. The van der Waals surface area contributed by atoms with Crippen molar-refractivity contribution in [2.24, 2.45) is 0 Å². The summed E-state index contributed by atoms with van der Waals surface area (Å²) in [5.74, 6) is 0.281. The molecule has 6 nitrogen and oxygen atoms in total. The predicted molar refractivity (Wildman–Crippen MR) is 78.7 cm³/mol. The molecule has 0 radical (unpaired) electrons. The average Bonchev–Trinajstić information content (AvgIpc) is 2.84. The number of hydrogen-bond acceptors (Lipinski definition) is 6. The first-order valence-corrected chi connectivity index (χ1v) is 6.98. The third-order valence-electron chi connectivity index (χ3n) is 2.88. The molecule has 0 aliphatic rings. The zero-order valence-electron chi connectivity index (χ0n) is 11.3. The van der Waals surface area contributed by atoms with E-state index in [1.165, 1.54) is 0 Å². The molecule has 0 amide bonds. The number of nitrogens with zero attached hydrogens (tertiary/aromatic N) is 2. The van der Waals surface area contributed by atoms with Gasteiger partial charge in [0.15, 0.2) is 5.75 Å². The van der Waals surface area contributed by atoms with Gasteiger partial charge in [-0.25, -0.2) is 4.98 Å². The summed E-state index contributed by atoms with van der Waals surface area (Å²) in [6, 6.07) is 4.99. The van der Waals surface area contributed by atoms with E-state index in [2.05, 4.69) is 10.3 Å². The van der Waals surface area contributed by atoms with Crippen molar-refractivity contribution in [2.45, 2.75) is 13.3 Å². The summed E-state index contributed by atoms with van der Waals surface area (Å²) in [4.78, 5) is 16.0. The minimum absolute atomic E-state index is 0.0315. The fraction of sp³-hybridized carbons (Fsp3) is 0.308. The third kappa shape index (κ3) is 3.05. The van der Waals surface area contributed by atoms with Crippen LogP contribution in [-0.2, 0) is 6.42 Å². The summed E-state index contributed by atoms with van der Waals surface area (Å²) in [6.45, 7) is 2.33. The van der Waals surface area contributed by atoms with E-state index in [1.54, 1.807) is 42.1 Å². The summed E-state index contributed by atoms with van der Waals surface area (Å²) >= 11 is 1.57. The number of para-hydroxylation sites is 1. The maximum atomic E-state index is 11.1. The van der Waals surface area contributed by atoms with Crippen LogP contribution in [0.1, 0.15) is 10.6 Å². The van der Waals surface area contributed by atoms with Gasteiger partial charge in [0.25, 0.3) is 0 Å². The molecular weight excluding hydrogens is 278 g/mol. The Morgan fingerprint density at radius 1 is 1.50 bits per heavy atom. The normalized spacial score (nSPS) is 10.3. The largest absolute Gasteiger partial charge is 0.486 e. The van der Waals surface area contributed by atoms with Crippen LogP contribution in [0.4, 0.5) is 11.4 Å². The third-order valence-corrected chi connectivity index (χ3v) is 3.88. The second-order valence-corrected chi connectivity index (χ2v) is 5.06. The molecule has 1 N–H and O–H groups in total. The van der Waals surface area contributed by atoms with Gasteiger partial charge >= 0.3 is 5.69 Å². The number of nitrogens with one attached hydrogen (secondary N) is 1. The first kappa shape index (κ1) is 14.3. The van der Waals surface area contributed by atoms with Crippen LogP contribution in [0.15, 0.2) is 23.7 Å². The lowest BCUT2D eigenvalue weighted by Crippen LogP contribution is -2.05. The van der Waals surface area contributed by atoms with Crippen molar-refractivity contribution in [3.8, 4) is 5.75 Å². The van der Waals surface area contributed by atoms with Crippen LogP contribution in [0.25, 0.3) is 0 Å². The first-order valence-electron chi connectivity index (χ1n) is 6.10. The Labute approximate surface area is 120 Å². The molecule has 7 heteroatoms. The first-order chi connectivity index (χ1) is 9.63. The molecule has 0 atom stereocenters. The van der Waals surface area contributed by atoms with Crippen LogP contribution in [-0.4, -0.2) is 23.6 Å². The Morgan fingerprint density at radius 2 is 2.30 bits per heavy atom. The van der Waals surface area contributed by atoms with E-state index in [9.17, 15) is 10.1 Å². The van der Waals surface area contributed by atoms with Gasteiger partial charge in [0, 0.05) is 18.3 Å². The van der Waals surface area contributed by atoms with E-state index in [4.69, 9.17) is 4.74 Å². The monoisotopic (exact) mass is 293 g/mol. The number of ether oxygens (including phenoxy) is 1. The van der Waals surface area contributed by atoms with E-state index in [0.29, 0.717) is 18.7 Å². The summed E-state index contributed by atoms with van der Waals surface area (Å²) in [7, 11) is 1.65. The highest BCUT2D eigenvalue weighted by Gasteiger charge is 2.20. The molecule has 106 valence electrons. The van der Waals surface area contributed by atoms with Gasteiger partial charge in [-0.15, -0.1) is 11.3 Å². The van der Waals surface area contributed by atoms with Gasteiger partial charge in [0.1, 0.15) is 5.69 Å². The molecule has 2 rings (SSSR count). The van der Waals surface area contributed by atoms with Crippen molar-refractivity contribution in [2.75, 3.05) is 19.0 Å². The predicted octanol–water partition coefficient (Wildman–Crippen LogP) is 3.02. The lowest BCUT2D eigenvalue weighted by Gasteiger charge is -2.09. The van der Waals surface area contributed by atoms with Crippen molar-refractivity contribution in [1.29, 1.82) is 0 Å². The molecule has 0 unspecified atom stereocenters. The van der Waals surface area contributed by atoms with Crippen LogP contribution in [0.5, 0.6) is 5.75 Å². The van der Waals surface area contributed by atoms with Crippen LogP contribution in [0.2, 0.25) is 0 Å². The second kappa shape index (κ2) is 6.33.